The molecule has 0 aliphatic carbocycles. The minimum Gasteiger partial charge on any atom is -0.323 e. The molecule has 1 atom stereocenters. The molecule has 0 saturated heterocycles. The predicted octanol–water partition coefficient (Wildman–Crippen LogP) is 5.01. The van der Waals surface area contributed by atoms with Crippen molar-refractivity contribution in [2.45, 2.75) is 51.5 Å². The normalized spacial score (nSPS) is 13.1. The van der Waals surface area contributed by atoms with E-state index in [4.69, 9.17) is 5.73 Å². The maximum atomic E-state index is 6.56. The van der Waals surface area contributed by atoms with Crippen LogP contribution in [0.25, 0.3) is 0 Å². The van der Waals surface area contributed by atoms with Gasteiger partial charge in [-0.1, -0.05) is 81.8 Å². The van der Waals surface area contributed by atoms with E-state index in [-0.39, 0.29) is 11.5 Å². The van der Waals surface area contributed by atoms with Crippen molar-refractivity contribution in [1.82, 2.24) is 0 Å². The third-order valence-corrected chi connectivity index (χ3v) is 4.45. The first-order chi connectivity index (χ1) is 10.1. The molecule has 112 valence electrons. The Bertz CT molecular complexity index is 540. The van der Waals surface area contributed by atoms with Crippen molar-refractivity contribution >= 4 is 0 Å². The predicted molar refractivity (Wildman–Crippen MR) is 91.5 cm³/mol. The molecule has 2 aromatic carbocycles. The minimum absolute atomic E-state index is 0.000116. The van der Waals surface area contributed by atoms with Gasteiger partial charge in [0, 0.05) is 11.5 Å². The van der Waals surface area contributed by atoms with Crippen molar-refractivity contribution in [3.8, 4) is 0 Å². The number of benzene rings is 2. The lowest BCUT2D eigenvalue weighted by Gasteiger charge is -2.32. The molecular formula is C20H27N. The molecule has 1 heteroatoms. The molecule has 0 aromatic heterocycles. The minimum atomic E-state index is -0.0772. The van der Waals surface area contributed by atoms with Gasteiger partial charge in [0.25, 0.3) is 0 Å². The first kappa shape index (κ1) is 15.8. The van der Waals surface area contributed by atoms with Gasteiger partial charge < -0.3 is 5.73 Å². The average Bonchev–Trinajstić information content (AvgIpc) is 2.53. The van der Waals surface area contributed by atoms with Crippen LogP contribution in [0.15, 0.2) is 54.6 Å². The number of unbranched alkanes of at least 4 members (excludes halogenated alkanes) is 1. The van der Waals surface area contributed by atoms with Gasteiger partial charge in [-0.2, -0.15) is 0 Å². The summed E-state index contributed by atoms with van der Waals surface area (Å²) in [5.74, 6) is 0. The van der Waals surface area contributed by atoms with Gasteiger partial charge in [-0.05, 0) is 29.5 Å². The summed E-state index contributed by atoms with van der Waals surface area (Å²) in [7, 11) is 0. The summed E-state index contributed by atoms with van der Waals surface area (Å²) < 4.78 is 0. The Morgan fingerprint density at radius 2 is 1.57 bits per heavy atom. The zero-order valence-electron chi connectivity index (χ0n) is 13.5. The van der Waals surface area contributed by atoms with Crippen molar-refractivity contribution in [2.24, 2.45) is 5.73 Å². The second-order valence-corrected chi connectivity index (χ2v) is 6.41. The van der Waals surface area contributed by atoms with Gasteiger partial charge in [0.1, 0.15) is 0 Å². The Morgan fingerprint density at radius 3 is 2.14 bits per heavy atom. The molecule has 0 saturated carbocycles. The summed E-state index contributed by atoms with van der Waals surface area (Å²) in [6.45, 7) is 6.67. The van der Waals surface area contributed by atoms with Crippen molar-refractivity contribution in [3.05, 3.63) is 71.3 Å². The van der Waals surface area contributed by atoms with Crippen molar-refractivity contribution in [1.29, 1.82) is 0 Å². The highest BCUT2D eigenvalue weighted by molar-refractivity contribution is 5.33. The van der Waals surface area contributed by atoms with Gasteiger partial charge in [0.2, 0.25) is 0 Å². The van der Waals surface area contributed by atoms with Gasteiger partial charge >= 0.3 is 0 Å². The molecule has 0 fully saturated rings. The van der Waals surface area contributed by atoms with Crippen molar-refractivity contribution in [2.75, 3.05) is 0 Å². The Morgan fingerprint density at radius 1 is 0.952 bits per heavy atom. The van der Waals surface area contributed by atoms with Crippen LogP contribution in [0.4, 0.5) is 0 Å². The molecule has 2 N–H and O–H groups in total. The fourth-order valence-electron chi connectivity index (χ4n) is 2.74. The molecule has 0 aliphatic rings. The van der Waals surface area contributed by atoms with Crippen LogP contribution in [0, 0.1) is 0 Å². The highest BCUT2D eigenvalue weighted by Crippen LogP contribution is 2.35. The van der Waals surface area contributed by atoms with E-state index in [0.29, 0.717) is 0 Å². The van der Waals surface area contributed by atoms with E-state index in [1.807, 2.05) is 6.07 Å². The molecule has 1 nitrogen and oxygen atoms in total. The van der Waals surface area contributed by atoms with Crippen molar-refractivity contribution in [3.63, 3.8) is 0 Å². The van der Waals surface area contributed by atoms with E-state index in [2.05, 4.69) is 69.3 Å². The van der Waals surface area contributed by atoms with Gasteiger partial charge in [-0.15, -0.1) is 0 Å². The third-order valence-electron chi connectivity index (χ3n) is 4.45. The van der Waals surface area contributed by atoms with Crippen LogP contribution in [0.1, 0.15) is 56.3 Å². The van der Waals surface area contributed by atoms with E-state index in [9.17, 15) is 0 Å². The summed E-state index contributed by atoms with van der Waals surface area (Å²) in [5, 5.41) is 0. The first-order valence-corrected chi connectivity index (χ1v) is 7.95. The monoisotopic (exact) mass is 281 g/mol. The van der Waals surface area contributed by atoms with Gasteiger partial charge in [-0.25, -0.2) is 0 Å². The lowest BCUT2D eigenvalue weighted by atomic mass is 9.75. The number of hydrogen-bond acceptors (Lipinski definition) is 1. The standard InChI is InChI=1S/C20H27N/c1-4-5-9-16-12-14-17(15-13-16)19(21)20(2,3)18-10-7-6-8-11-18/h6-8,10-15,19H,4-5,9,21H2,1-3H3. The van der Waals surface area contributed by atoms with Gasteiger partial charge in [0.05, 0.1) is 0 Å². The number of aryl methyl sites for hydroxylation is 1. The number of nitrogens with two attached hydrogens (primary N) is 1. The number of hydrogen-bond donors (Lipinski definition) is 1. The zero-order valence-corrected chi connectivity index (χ0v) is 13.5. The maximum absolute atomic E-state index is 6.56. The van der Waals surface area contributed by atoms with Crippen LogP contribution in [0.2, 0.25) is 0 Å². The first-order valence-electron chi connectivity index (χ1n) is 7.95. The Kier molecular flexibility index (Phi) is 5.19. The quantitative estimate of drug-likeness (QED) is 0.791. The molecule has 2 aromatic rings. The van der Waals surface area contributed by atoms with Crippen LogP contribution in [-0.4, -0.2) is 0 Å². The van der Waals surface area contributed by atoms with Crippen LogP contribution in [0.5, 0.6) is 0 Å². The lowest BCUT2D eigenvalue weighted by Crippen LogP contribution is -2.33. The average molecular weight is 281 g/mol. The topological polar surface area (TPSA) is 26.0 Å². The maximum Gasteiger partial charge on any atom is 0.0387 e. The fourth-order valence-corrected chi connectivity index (χ4v) is 2.74. The van der Waals surface area contributed by atoms with Crippen molar-refractivity contribution < 1.29 is 0 Å². The smallest absolute Gasteiger partial charge is 0.0387 e. The Balaban J connectivity index is 2.17. The molecule has 0 amide bonds. The molecule has 0 aliphatic heterocycles. The van der Waals surface area contributed by atoms with Crippen LogP contribution in [0.3, 0.4) is 0 Å². The SMILES string of the molecule is CCCCc1ccc(C(N)C(C)(C)c2ccccc2)cc1. The molecule has 1 unspecified atom stereocenters. The molecular weight excluding hydrogens is 254 g/mol. The van der Waals surface area contributed by atoms with Crippen LogP contribution >= 0.6 is 0 Å². The van der Waals surface area contributed by atoms with E-state index >= 15 is 0 Å². The summed E-state index contributed by atoms with van der Waals surface area (Å²) in [5.41, 5.74) is 10.4. The van der Waals surface area contributed by atoms with E-state index in [0.717, 1.165) is 6.42 Å². The highest BCUT2D eigenvalue weighted by Gasteiger charge is 2.29. The van der Waals surface area contributed by atoms with E-state index in [1.54, 1.807) is 0 Å². The second-order valence-electron chi connectivity index (χ2n) is 6.41. The zero-order chi connectivity index (χ0) is 15.3. The van der Waals surface area contributed by atoms with E-state index < -0.39 is 0 Å². The number of rotatable bonds is 6. The summed E-state index contributed by atoms with van der Waals surface area (Å²) in [4.78, 5) is 0. The fraction of sp³-hybridized carbons (Fsp3) is 0.400. The lowest BCUT2D eigenvalue weighted by molar-refractivity contribution is 0.421. The summed E-state index contributed by atoms with van der Waals surface area (Å²) >= 11 is 0. The van der Waals surface area contributed by atoms with Gasteiger partial charge in [0.15, 0.2) is 0 Å². The van der Waals surface area contributed by atoms with Gasteiger partial charge in [-0.3, -0.25) is 0 Å². The molecule has 0 bridgehead atoms. The Labute approximate surface area is 129 Å². The summed E-state index contributed by atoms with van der Waals surface area (Å²) in [6.07, 6.45) is 3.65. The molecule has 21 heavy (non-hydrogen) atoms. The highest BCUT2D eigenvalue weighted by atomic mass is 14.7. The molecule has 0 spiro atoms. The summed E-state index contributed by atoms with van der Waals surface area (Å²) in [6, 6.07) is 19.4. The molecule has 0 radical (unpaired) electrons. The van der Waals surface area contributed by atoms with Crippen LogP contribution in [-0.2, 0) is 11.8 Å². The third kappa shape index (κ3) is 3.74. The van der Waals surface area contributed by atoms with Crippen LogP contribution < -0.4 is 5.73 Å². The second kappa shape index (κ2) is 6.91. The molecule has 2 rings (SSSR count). The Hall–Kier alpha value is -1.60. The largest absolute Gasteiger partial charge is 0.323 e. The molecule has 0 heterocycles. The van der Waals surface area contributed by atoms with E-state index in [1.165, 1.54) is 29.5 Å².